The summed E-state index contributed by atoms with van der Waals surface area (Å²) in [5.74, 6) is 2.15. The Bertz CT molecular complexity index is 982. The second kappa shape index (κ2) is 8.18. The number of hydrogen-bond donors (Lipinski definition) is 1. The Balaban J connectivity index is 1.28. The van der Waals surface area contributed by atoms with Crippen molar-refractivity contribution in [3.8, 4) is 0 Å². The van der Waals surface area contributed by atoms with Gasteiger partial charge in [0.05, 0.1) is 0 Å². The van der Waals surface area contributed by atoms with Gasteiger partial charge in [-0.3, -0.25) is 4.90 Å². The second-order valence-electron chi connectivity index (χ2n) is 8.65. The maximum absolute atomic E-state index is 4.77. The van der Waals surface area contributed by atoms with Crippen LogP contribution in [0.15, 0.2) is 30.6 Å². The van der Waals surface area contributed by atoms with Crippen molar-refractivity contribution in [1.29, 1.82) is 0 Å². The third-order valence-electron chi connectivity index (χ3n) is 6.43. The van der Waals surface area contributed by atoms with Gasteiger partial charge in [0.2, 0.25) is 5.95 Å². The Labute approximate surface area is 177 Å². The van der Waals surface area contributed by atoms with Gasteiger partial charge in [-0.05, 0) is 44.9 Å². The topological polar surface area (TPSA) is 75.0 Å². The third kappa shape index (κ3) is 3.84. The van der Waals surface area contributed by atoms with E-state index in [0.29, 0.717) is 23.8 Å². The van der Waals surface area contributed by atoms with Crippen LogP contribution in [0.2, 0.25) is 0 Å². The maximum atomic E-state index is 4.77. The molecule has 2 aliphatic rings. The Hall–Kier alpha value is -2.74. The molecule has 8 heteroatoms. The van der Waals surface area contributed by atoms with E-state index in [4.69, 9.17) is 4.98 Å². The third-order valence-corrected chi connectivity index (χ3v) is 6.43. The number of nitrogens with zero attached hydrogens (tertiary/aromatic N) is 7. The molecular weight excluding hydrogens is 376 g/mol. The smallest absolute Gasteiger partial charge is 0.230 e. The van der Waals surface area contributed by atoms with E-state index in [2.05, 4.69) is 61.0 Å². The molecule has 0 spiro atoms. The highest BCUT2D eigenvalue weighted by atomic mass is 15.3. The van der Waals surface area contributed by atoms with Gasteiger partial charge in [0.1, 0.15) is 5.65 Å². The summed E-state index contributed by atoms with van der Waals surface area (Å²) in [4.78, 5) is 14.0. The molecule has 3 aromatic heterocycles. The van der Waals surface area contributed by atoms with Crippen LogP contribution in [0, 0.1) is 0 Å². The molecule has 8 nitrogen and oxygen atoms in total. The van der Waals surface area contributed by atoms with Crippen LogP contribution < -0.4 is 10.2 Å². The van der Waals surface area contributed by atoms with Crippen LogP contribution in [-0.4, -0.2) is 61.9 Å². The van der Waals surface area contributed by atoms with Gasteiger partial charge in [0.15, 0.2) is 11.6 Å². The van der Waals surface area contributed by atoms with E-state index in [0.717, 1.165) is 43.0 Å². The number of anilines is 3. The zero-order valence-corrected chi connectivity index (χ0v) is 17.8. The van der Waals surface area contributed by atoms with Crippen molar-refractivity contribution in [1.82, 2.24) is 29.6 Å². The summed E-state index contributed by atoms with van der Waals surface area (Å²) < 4.78 is 2.31. The Morgan fingerprint density at radius 1 is 1.00 bits per heavy atom. The van der Waals surface area contributed by atoms with Crippen LogP contribution in [0.4, 0.5) is 17.6 Å². The van der Waals surface area contributed by atoms with Crippen molar-refractivity contribution < 1.29 is 0 Å². The average molecular weight is 407 g/mol. The number of hydrogen-bond acceptors (Lipinski definition) is 7. The van der Waals surface area contributed by atoms with Crippen molar-refractivity contribution in [2.75, 3.05) is 36.4 Å². The molecule has 1 N–H and O–H groups in total. The van der Waals surface area contributed by atoms with Gasteiger partial charge in [-0.2, -0.15) is 4.98 Å². The molecule has 1 saturated heterocycles. The average Bonchev–Trinajstić information content (AvgIpc) is 3.44. The minimum Gasteiger partial charge on any atom is -0.353 e. The van der Waals surface area contributed by atoms with E-state index in [1.165, 1.54) is 25.7 Å². The minimum absolute atomic E-state index is 0.556. The number of rotatable bonds is 5. The Kier molecular flexibility index (Phi) is 5.25. The lowest BCUT2D eigenvalue weighted by Crippen LogP contribution is -2.49. The molecule has 0 aromatic carbocycles. The summed E-state index contributed by atoms with van der Waals surface area (Å²) in [5, 5.41) is 13.1. The molecule has 4 heterocycles. The number of piperazine rings is 1. The summed E-state index contributed by atoms with van der Waals surface area (Å²) in [5.41, 5.74) is 0.993. The molecule has 0 radical (unpaired) electrons. The van der Waals surface area contributed by atoms with Gasteiger partial charge in [-0.15, -0.1) is 10.2 Å². The van der Waals surface area contributed by atoms with Gasteiger partial charge in [0, 0.05) is 56.0 Å². The van der Waals surface area contributed by atoms with Crippen LogP contribution >= 0.6 is 0 Å². The van der Waals surface area contributed by atoms with Crippen LogP contribution in [0.3, 0.4) is 0 Å². The Morgan fingerprint density at radius 2 is 1.80 bits per heavy atom. The predicted octanol–water partition coefficient (Wildman–Crippen LogP) is 3.61. The molecule has 1 aliphatic heterocycles. The molecule has 1 aliphatic carbocycles. The van der Waals surface area contributed by atoms with Crippen molar-refractivity contribution in [3.63, 3.8) is 0 Å². The van der Waals surface area contributed by atoms with Gasteiger partial charge in [-0.25, -0.2) is 4.98 Å². The summed E-state index contributed by atoms with van der Waals surface area (Å²) in [6, 6.07) is 7.24. The molecule has 0 atom stereocenters. The largest absolute Gasteiger partial charge is 0.353 e. The number of aromatic nitrogens is 5. The van der Waals surface area contributed by atoms with E-state index in [1.54, 1.807) is 0 Å². The quantitative estimate of drug-likeness (QED) is 0.694. The zero-order chi connectivity index (χ0) is 20.5. The standard InChI is InChI=1S/C22H30N8/c1-16(2)28-11-13-29(14-12-28)20-8-7-19(26-27-20)24-22-23-15-17-9-10-30(21(17)25-22)18-5-3-4-6-18/h7-10,15-16,18H,3-6,11-14H2,1-2H3,(H,23,24,25,26). The molecule has 0 unspecified atom stereocenters. The lowest BCUT2D eigenvalue weighted by molar-refractivity contribution is 0.209. The van der Waals surface area contributed by atoms with Crippen LogP contribution in [0.1, 0.15) is 45.6 Å². The highest BCUT2D eigenvalue weighted by Gasteiger charge is 2.21. The zero-order valence-electron chi connectivity index (χ0n) is 17.8. The van der Waals surface area contributed by atoms with Gasteiger partial charge >= 0.3 is 0 Å². The summed E-state index contributed by atoms with van der Waals surface area (Å²) in [6.45, 7) is 8.59. The first kappa shape index (κ1) is 19.2. The first-order valence-electron chi connectivity index (χ1n) is 11.1. The van der Waals surface area contributed by atoms with E-state index in [1.807, 2.05) is 18.3 Å². The normalized spacial score (nSPS) is 18.6. The van der Waals surface area contributed by atoms with Gasteiger partial charge in [-0.1, -0.05) is 12.8 Å². The number of nitrogens with one attached hydrogen (secondary N) is 1. The van der Waals surface area contributed by atoms with Crippen LogP contribution in [0.25, 0.3) is 11.0 Å². The monoisotopic (exact) mass is 406 g/mol. The molecule has 2 fully saturated rings. The molecule has 5 rings (SSSR count). The molecule has 1 saturated carbocycles. The van der Waals surface area contributed by atoms with Crippen LogP contribution in [0.5, 0.6) is 0 Å². The summed E-state index contributed by atoms with van der Waals surface area (Å²) in [6.07, 6.45) is 9.09. The van der Waals surface area contributed by atoms with Crippen molar-refractivity contribution in [2.24, 2.45) is 0 Å². The highest BCUT2D eigenvalue weighted by molar-refractivity contribution is 5.76. The molecule has 0 amide bonds. The maximum Gasteiger partial charge on any atom is 0.230 e. The molecule has 3 aromatic rings. The second-order valence-corrected chi connectivity index (χ2v) is 8.65. The molecule has 30 heavy (non-hydrogen) atoms. The fraction of sp³-hybridized carbons (Fsp3) is 0.545. The first-order valence-corrected chi connectivity index (χ1v) is 11.1. The van der Waals surface area contributed by atoms with E-state index in [9.17, 15) is 0 Å². The summed E-state index contributed by atoms with van der Waals surface area (Å²) in [7, 11) is 0. The fourth-order valence-electron chi connectivity index (χ4n) is 4.62. The van der Waals surface area contributed by atoms with Crippen LogP contribution in [-0.2, 0) is 0 Å². The van der Waals surface area contributed by atoms with E-state index >= 15 is 0 Å². The Morgan fingerprint density at radius 3 is 2.50 bits per heavy atom. The highest BCUT2D eigenvalue weighted by Crippen LogP contribution is 2.32. The fourth-order valence-corrected chi connectivity index (χ4v) is 4.62. The predicted molar refractivity (Wildman–Crippen MR) is 119 cm³/mol. The summed E-state index contributed by atoms with van der Waals surface area (Å²) >= 11 is 0. The van der Waals surface area contributed by atoms with Gasteiger partial charge < -0.3 is 14.8 Å². The number of fused-ring (bicyclic) bond motifs is 1. The van der Waals surface area contributed by atoms with E-state index in [-0.39, 0.29) is 0 Å². The first-order chi connectivity index (χ1) is 14.7. The van der Waals surface area contributed by atoms with Crippen molar-refractivity contribution >= 4 is 28.6 Å². The SMILES string of the molecule is CC(C)N1CCN(c2ccc(Nc3ncc4ccn(C5CCCC5)c4n3)nn2)CC1. The van der Waals surface area contributed by atoms with Crippen molar-refractivity contribution in [2.45, 2.75) is 51.6 Å². The lowest BCUT2D eigenvalue weighted by Gasteiger charge is -2.37. The molecule has 0 bridgehead atoms. The molecular formula is C22H30N8. The molecule has 158 valence electrons. The van der Waals surface area contributed by atoms with Crippen molar-refractivity contribution in [3.05, 3.63) is 30.6 Å². The van der Waals surface area contributed by atoms with Gasteiger partial charge in [0.25, 0.3) is 0 Å². The lowest BCUT2D eigenvalue weighted by atomic mass is 10.2. The minimum atomic E-state index is 0.556. The van der Waals surface area contributed by atoms with E-state index < -0.39 is 0 Å².